The highest BCUT2D eigenvalue weighted by atomic mass is 32.1. The van der Waals surface area contributed by atoms with Crippen molar-refractivity contribution in [3.05, 3.63) is 45.1 Å². The van der Waals surface area contributed by atoms with Gasteiger partial charge in [0.15, 0.2) is 5.78 Å². The van der Waals surface area contributed by atoms with Crippen molar-refractivity contribution < 1.29 is 23.2 Å². The summed E-state index contributed by atoms with van der Waals surface area (Å²) >= 11 is 1.34. The van der Waals surface area contributed by atoms with Crippen LogP contribution in [0.2, 0.25) is 0 Å². The Balaban J connectivity index is 1.56. The van der Waals surface area contributed by atoms with Gasteiger partial charge in [-0.2, -0.15) is 0 Å². The number of urea groups is 1. The van der Waals surface area contributed by atoms with Gasteiger partial charge in [-0.05, 0) is 50.3 Å². The summed E-state index contributed by atoms with van der Waals surface area (Å²) in [4.78, 5) is 40.8. The minimum Gasteiger partial charge on any atom is -0.323 e. The molecule has 3 amide bonds. The van der Waals surface area contributed by atoms with Gasteiger partial charge in [0.2, 0.25) is 5.92 Å². The number of aryl methyl sites for hydroxylation is 2. The van der Waals surface area contributed by atoms with Gasteiger partial charge in [0.05, 0.1) is 11.4 Å². The smallest absolute Gasteiger partial charge is 0.323 e. The largest absolute Gasteiger partial charge is 0.325 e. The number of ketones is 1. The SMILES string of the molecule is Cc1cccc(-c2c(C)sc(C(=O)CN3C(=O)NC4(CCC(F)(F)CC4)C3=O)c2C)c1. The quantitative estimate of drug-likeness (QED) is 0.530. The third-order valence-corrected chi connectivity index (χ3v) is 7.51. The van der Waals surface area contributed by atoms with E-state index in [1.807, 2.05) is 39.0 Å². The number of amides is 3. The lowest BCUT2D eigenvalue weighted by Crippen LogP contribution is -2.51. The number of carbonyl (C=O) groups is 3. The first-order valence-electron chi connectivity index (χ1n) is 10.3. The number of hydrogen-bond donors (Lipinski definition) is 1. The number of Topliss-reactive ketones (excluding diaryl/α,β-unsaturated/α-hetero) is 1. The maximum absolute atomic E-state index is 13.6. The number of nitrogens with zero attached hydrogens (tertiary/aromatic N) is 1. The van der Waals surface area contributed by atoms with Crippen molar-refractivity contribution in [1.82, 2.24) is 10.2 Å². The van der Waals surface area contributed by atoms with E-state index >= 15 is 0 Å². The van der Waals surface area contributed by atoms with E-state index < -0.39 is 42.8 Å². The number of alkyl halides is 2. The molecule has 1 saturated carbocycles. The Morgan fingerprint density at radius 3 is 2.45 bits per heavy atom. The summed E-state index contributed by atoms with van der Waals surface area (Å²) in [6.07, 6.45) is -1.15. The first kappa shape index (κ1) is 21.6. The summed E-state index contributed by atoms with van der Waals surface area (Å²) in [7, 11) is 0. The molecule has 1 spiro atoms. The van der Waals surface area contributed by atoms with Crippen molar-refractivity contribution in [3.8, 4) is 11.1 Å². The number of halogens is 2. The molecule has 1 N–H and O–H groups in total. The lowest BCUT2D eigenvalue weighted by atomic mass is 9.80. The van der Waals surface area contributed by atoms with Crippen molar-refractivity contribution in [1.29, 1.82) is 0 Å². The molecule has 1 saturated heterocycles. The van der Waals surface area contributed by atoms with E-state index in [1.54, 1.807) is 0 Å². The molecule has 1 aliphatic heterocycles. The van der Waals surface area contributed by atoms with Gasteiger partial charge in [0.1, 0.15) is 5.54 Å². The fraction of sp³-hybridized carbons (Fsp3) is 0.435. The van der Waals surface area contributed by atoms with E-state index in [9.17, 15) is 23.2 Å². The Morgan fingerprint density at radius 1 is 1.13 bits per heavy atom. The molecule has 5 nitrogen and oxygen atoms in total. The molecule has 1 aromatic heterocycles. The molecule has 2 aliphatic rings. The van der Waals surface area contributed by atoms with Gasteiger partial charge in [0.25, 0.3) is 5.91 Å². The summed E-state index contributed by atoms with van der Waals surface area (Å²) in [5, 5.41) is 2.58. The lowest BCUT2D eigenvalue weighted by Gasteiger charge is -2.34. The van der Waals surface area contributed by atoms with Crippen LogP contribution < -0.4 is 5.32 Å². The molecule has 1 aromatic carbocycles. The van der Waals surface area contributed by atoms with E-state index in [0.717, 1.165) is 32.0 Å². The minimum atomic E-state index is -2.82. The summed E-state index contributed by atoms with van der Waals surface area (Å²) in [6, 6.07) is 7.32. The molecule has 31 heavy (non-hydrogen) atoms. The Bertz CT molecular complexity index is 1080. The van der Waals surface area contributed by atoms with Crippen LogP contribution in [-0.2, 0) is 4.79 Å². The zero-order valence-corrected chi connectivity index (χ0v) is 18.5. The first-order valence-corrected chi connectivity index (χ1v) is 11.1. The van der Waals surface area contributed by atoms with Gasteiger partial charge in [-0.3, -0.25) is 14.5 Å². The maximum atomic E-state index is 13.6. The Hall–Kier alpha value is -2.61. The Labute approximate surface area is 183 Å². The van der Waals surface area contributed by atoms with E-state index in [1.165, 1.54) is 11.3 Å². The molecule has 2 fully saturated rings. The highest BCUT2D eigenvalue weighted by Crippen LogP contribution is 2.42. The van der Waals surface area contributed by atoms with Crippen molar-refractivity contribution in [3.63, 3.8) is 0 Å². The molecule has 0 bridgehead atoms. The highest BCUT2D eigenvalue weighted by Gasteiger charge is 2.55. The van der Waals surface area contributed by atoms with Crippen molar-refractivity contribution >= 4 is 29.1 Å². The van der Waals surface area contributed by atoms with Crippen molar-refractivity contribution in [2.75, 3.05) is 6.54 Å². The van der Waals surface area contributed by atoms with Crippen LogP contribution in [0.1, 0.15) is 51.4 Å². The summed E-state index contributed by atoms with van der Waals surface area (Å²) in [5.41, 5.74) is 2.62. The van der Waals surface area contributed by atoms with Crippen LogP contribution >= 0.6 is 11.3 Å². The van der Waals surface area contributed by atoms with Crippen LogP contribution in [0.15, 0.2) is 24.3 Å². The molecular formula is C23H24F2N2O3S. The zero-order valence-electron chi connectivity index (χ0n) is 17.7. The molecule has 0 unspecified atom stereocenters. The van der Waals surface area contributed by atoms with Crippen LogP contribution in [0.3, 0.4) is 0 Å². The number of benzene rings is 1. The van der Waals surface area contributed by atoms with Crippen LogP contribution in [0, 0.1) is 20.8 Å². The van der Waals surface area contributed by atoms with Gasteiger partial charge >= 0.3 is 6.03 Å². The van der Waals surface area contributed by atoms with Crippen LogP contribution in [0.25, 0.3) is 11.1 Å². The number of carbonyl (C=O) groups excluding carboxylic acids is 3. The molecule has 0 radical (unpaired) electrons. The summed E-state index contributed by atoms with van der Waals surface area (Å²) < 4.78 is 27.1. The molecule has 0 atom stereocenters. The number of thiophene rings is 1. The van der Waals surface area contributed by atoms with Crippen molar-refractivity contribution in [2.24, 2.45) is 0 Å². The van der Waals surface area contributed by atoms with Gasteiger partial charge in [-0.15, -0.1) is 11.3 Å². The molecule has 4 rings (SSSR count). The molecule has 8 heteroatoms. The van der Waals surface area contributed by atoms with Crippen LogP contribution in [0.5, 0.6) is 0 Å². The van der Waals surface area contributed by atoms with E-state index in [4.69, 9.17) is 0 Å². The van der Waals surface area contributed by atoms with Gasteiger partial charge in [-0.1, -0.05) is 29.8 Å². The molecular weight excluding hydrogens is 422 g/mol. The van der Waals surface area contributed by atoms with Gasteiger partial charge < -0.3 is 5.32 Å². The van der Waals surface area contributed by atoms with Crippen LogP contribution in [0.4, 0.5) is 13.6 Å². The molecule has 2 heterocycles. The molecule has 1 aliphatic carbocycles. The number of rotatable bonds is 4. The third-order valence-electron chi connectivity index (χ3n) is 6.27. The first-order chi connectivity index (χ1) is 14.5. The lowest BCUT2D eigenvalue weighted by molar-refractivity contribution is -0.135. The predicted octanol–water partition coefficient (Wildman–Crippen LogP) is 5.02. The average molecular weight is 447 g/mol. The van der Waals surface area contributed by atoms with E-state index in [0.29, 0.717) is 4.88 Å². The topological polar surface area (TPSA) is 66.5 Å². The van der Waals surface area contributed by atoms with Gasteiger partial charge in [0, 0.05) is 17.7 Å². The van der Waals surface area contributed by atoms with Crippen LogP contribution in [-0.4, -0.2) is 40.6 Å². The Kier molecular flexibility index (Phi) is 5.24. The minimum absolute atomic E-state index is 0.121. The highest BCUT2D eigenvalue weighted by molar-refractivity contribution is 7.14. The summed E-state index contributed by atoms with van der Waals surface area (Å²) in [6.45, 7) is 5.42. The van der Waals surface area contributed by atoms with Crippen molar-refractivity contribution in [2.45, 2.75) is 57.9 Å². The second kappa shape index (κ2) is 7.51. The Morgan fingerprint density at radius 2 is 1.81 bits per heavy atom. The molecule has 164 valence electrons. The van der Waals surface area contributed by atoms with E-state index in [2.05, 4.69) is 11.4 Å². The number of imide groups is 1. The molecule has 2 aromatic rings. The average Bonchev–Trinajstić information content (AvgIpc) is 3.12. The second-order valence-corrected chi connectivity index (χ2v) is 9.76. The second-order valence-electron chi connectivity index (χ2n) is 8.54. The zero-order chi connectivity index (χ0) is 22.6. The van der Waals surface area contributed by atoms with E-state index in [-0.39, 0.29) is 18.6 Å². The summed E-state index contributed by atoms with van der Waals surface area (Å²) in [5.74, 6) is -3.73. The number of nitrogens with one attached hydrogen (secondary N) is 1. The standard InChI is InChI=1S/C23H24F2N2O3S/c1-13-5-4-6-16(11-13)18-14(2)19(31-15(18)3)17(28)12-27-20(29)22(26-21(27)30)7-9-23(24,25)10-8-22/h4-6,11H,7-10,12H2,1-3H3,(H,26,30). The number of hydrogen-bond acceptors (Lipinski definition) is 4. The monoisotopic (exact) mass is 446 g/mol. The maximum Gasteiger partial charge on any atom is 0.325 e. The predicted molar refractivity (Wildman–Crippen MR) is 115 cm³/mol. The fourth-order valence-corrected chi connectivity index (χ4v) is 5.67. The fourth-order valence-electron chi connectivity index (χ4n) is 4.56. The normalized spacial score (nSPS) is 19.7. The van der Waals surface area contributed by atoms with Gasteiger partial charge in [-0.25, -0.2) is 13.6 Å². The third kappa shape index (κ3) is 3.78.